The maximum atomic E-state index is 11.9. The molecule has 0 aliphatic heterocycles. The Morgan fingerprint density at radius 1 is 0.818 bits per heavy atom. The highest BCUT2D eigenvalue weighted by molar-refractivity contribution is 5.89. The molecular formula is C16H33N3O3. The van der Waals surface area contributed by atoms with Crippen molar-refractivity contribution in [2.24, 2.45) is 0 Å². The molecule has 0 aliphatic carbocycles. The van der Waals surface area contributed by atoms with E-state index in [-0.39, 0.29) is 43.3 Å². The van der Waals surface area contributed by atoms with Gasteiger partial charge in [0.25, 0.3) is 0 Å². The minimum atomic E-state index is -0.227. The maximum Gasteiger partial charge on any atom is 0.242 e. The number of likely N-dealkylation sites (N-methyl/N-ethyl adjacent to an activating group) is 3. The Hall–Kier alpha value is -1.43. The zero-order valence-electron chi connectivity index (χ0n) is 15.5. The van der Waals surface area contributed by atoms with Gasteiger partial charge in [-0.2, -0.15) is 0 Å². The summed E-state index contributed by atoms with van der Waals surface area (Å²) in [4.78, 5) is 39.8. The molecule has 22 heavy (non-hydrogen) atoms. The van der Waals surface area contributed by atoms with Gasteiger partial charge < -0.3 is 9.80 Å². The Balaban J connectivity index is 0. The molecule has 0 saturated heterocycles. The number of Topliss-reactive ketones (excluding diaryl/α,β-unsaturated/α-hetero) is 1. The van der Waals surface area contributed by atoms with Crippen LogP contribution in [-0.2, 0) is 14.4 Å². The lowest BCUT2D eigenvalue weighted by molar-refractivity contribution is -0.140. The lowest BCUT2D eigenvalue weighted by atomic mass is 10.3. The predicted molar refractivity (Wildman–Crippen MR) is 89.7 cm³/mol. The van der Waals surface area contributed by atoms with E-state index in [2.05, 4.69) is 0 Å². The molecular weight excluding hydrogens is 282 g/mol. The van der Waals surface area contributed by atoms with Crippen molar-refractivity contribution in [1.29, 1.82) is 0 Å². The van der Waals surface area contributed by atoms with Crippen LogP contribution in [0.5, 0.6) is 0 Å². The van der Waals surface area contributed by atoms with E-state index in [1.54, 1.807) is 21.0 Å². The third kappa shape index (κ3) is 9.50. The van der Waals surface area contributed by atoms with Crippen LogP contribution in [0.15, 0.2) is 0 Å². The van der Waals surface area contributed by atoms with Crippen molar-refractivity contribution in [3.63, 3.8) is 0 Å². The monoisotopic (exact) mass is 315 g/mol. The molecule has 0 fully saturated rings. The average Bonchev–Trinajstić information content (AvgIpc) is 2.48. The molecule has 0 saturated carbocycles. The Morgan fingerprint density at radius 2 is 1.23 bits per heavy atom. The van der Waals surface area contributed by atoms with Gasteiger partial charge in [-0.15, -0.1) is 0 Å². The molecule has 0 aromatic rings. The van der Waals surface area contributed by atoms with Gasteiger partial charge in [0.1, 0.15) is 0 Å². The van der Waals surface area contributed by atoms with Crippen LogP contribution >= 0.6 is 0 Å². The number of nitrogens with zero attached hydrogens (tertiary/aromatic N) is 3. The van der Waals surface area contributed by atoms with Crippen molar-refractivity contribution < 1.29 is 14.4 Å². The summed E-state index contributed by atoms with van der Waals surface area (Å²) < 4.78 is 0. The Morgan fingerprint density at radius 3 is 1.64 bits per heavy atom. The molecule has 0 rings (SSSR count). The van der Waals surface area contributed by atoms with Crippen molar-refractivity contribution in [2.75, 3.05) is 40.8 Å². The SMILES string of the molecule is CC.CCC(=O)CN(C)C(=O)CN(C)C(=O)CN(C)C(C)C. The van der Waals surface area contributed by atoms with E-state index in [0.717, 1.165) is 0 Å². The Kier molecular flexibility index (Phi) is 12.6. The number of rotatable bonds is 8. The zero-order valence-corrected chi connectivity index (χ0v) is 15.5. The fraction of sp³-hybridized carbons (Fsp3) is 0.812. The molecule has 0 heterocycles. The summed E-state index contributed by atoms with van der Waals surface area (Å²) in [6.45, 7) is 10.1. The molecule has 0 aliphatic rings. The molecule has 0 bridgehead atoms. The van der Waals surface area contributed by atoms with Crippen molar-refractivity contribution in [1.82, 2.24) is 14.7 Å². The highest BCUT2D eigenvalue weighted by atomic mass is 16.2. The lowest BCUT2D eigenvalue weighted by Crippen LogP contribution is -2.44. The first-order valence-electron chi connectivity index (χ1n) is 7.88. The minimum absolute atomic E-state index is 0.00172. The Bertz CT molecular complexity index is 357. The summed E-state index contributed by atoms with van der Waals surface area (Å²) in [6.07, 6.45) is 0.408. The first-order chi connectivity index (χ1) is 10.2. The molecule has 6 heteroatoms. The van der Waals surface area contributed by atoms with E-state index in [9.17, 15) is 14.4 Å². The minimum Gasteiger partial charge on any atom is -0.337 e. The van der Waals surface area contributed by atoms with Crippen molar-refractivity contribution in [2.45, 2.75) is 47.1 Å². The molecule has 0 atom stereocenters. The molecule has 0 aromatic heterocycles. The summed E-state index contributed by atoms with van der Waals surface area (Å²) in [5.74, 6) is -0.325. The summed E-state index contributed by atoms with van der Waals surface area (Å²) in [5.41, 5.74) is 0. The van der Waals surface area contributed by atoms with E-state index in [4.69, 9.17) is 0 Å². The zero-order chi connectivity index (χ0) is 17.9. The second-order valence-electron chi connectivity index (χ2n) is 5.40. The van der Waals surface area contributed by atoms with Crippen LogP contribution in [0.3, 0.4) is 0 Å². The predicted octanol–water partition coefficient (Wildman–Crippen LogP) is 1.25. The van der Waals surface area contributed by atoms with Crippen LogP contribution in [0.1, 0.15) is 41.0 Å². The van der Waals surface area contributed by atoms with E-state index < -0.39 is 0 Å². The van der Waals surface area contributed by atoms with Crippen molar-refractivity contribution in [3.05, 3.63) is 0 Å². The summed E-state index contributed by atoms with van der Waals surface area (Å²) >= 11 is 0. The van der Waals surface area contributed by atoms with Gasteiger partial charge in [0.05, 0.1) is 19.6 Å². The van der Waals surface area contributed by atoms with Gasteiger partial charge in [-0.05, 0) is 20.9 Å². The fourth-order valence-corrected chi connectivity index (χ4v) is 1.39. The van der Waals surface area contributed by atoms with Gasteiger partial charge in [-0.1, -0.05) is 20.8 Å². The third-order valence-electron chi connectivity index (χ3n) is 3.30. The standard InChI is InChI=1S/C14H27N3O3.C2H6/c1-7-12(18)8-16(5)14(20)10-17(6)13(19)9-15(4)11(2)3;1-2/h11H,7-10H2,1-6H3;1-2H3. The van der Waals surface area contributed by atoms with Gasteiger partial charge >= 0.3 is 0 Å². The van der Waals surface area contributed by atoms with Crippen LogP contribution in [0.4, 0.5) is 0 Å². The molecule has 0 radical (unpaired) electrons. The summed E-state index contributed by atoms with van der Waals surface area (Å²) in [6, 6.07) is 0.271. The van der Waals surface area contributed by atoms with Crippen LogP contribution in [0.2, 0.25) is 0 Å². The number of carbonyl (C=O) groups is 3. The van der Waals surface area contributed by atoms with Gasteiger partial charge in [0, 0.05) is 26.6 Å². The van der Waals surface area contributed by atoms with Crippen molar-refractivity contribution >= 4 is 17.6 Å². The molecule has 6 nitrogen and oxygen atoms in total. The van der Waals surface area contributed by atoms with E-state index in [0.29, 0.717) is 6.42 Å². The number of hydrogen-bond acceptors (Lipinski definition) is 4. The first-order valence-corrected chi connectivity index (χ1v) is 7.88. The topological polar surface area (TPSA) is 60.9 Å². The third-order valence-corrected chi connectivity index (χ3v) is 3.30. The normalized spacial score (nSPS) is 10.1. The van der Waals surface area contributed by atoms with Crippen LogP contribution in [-0.4, -0.2) is 79.1 Å². The van der Waals surface area contributed by atoms with Gasteiger partial charge in [-0.3, -0.25) is 19.3 Å². The van der Waals surface area contributed by atoms with Crippen LogP contribution in [0, 0.1) is 0 Å². The first kappa shape index (κ1) is 22.8. The Labute approximate surface area is 135 Å². The fourth-order valence-electron chi connectivity index (χ4n) is 1.39. The smallest absolute Gasteiger partial charge is 0.242 e. The van der Waals surface area contributed by atoms with Gasteiger partial charge in [-0.25, -0.2) is 0 Å². The molecule has 2 amide bonds. The molecule has 0 unspecified atom stereocenters. The second kappa shape index (κ2) is 12.1. The average molecular weight is 315 g/mol. The van der Waals surface area contributed by atoms with Gasteiger partial charge in [0.15, 0.2) is 5.78 Å². The van der Waals surface area contributed by atoms with E-state index >= 15 is 0 Å². The lowest BCUT2D eigenvalue weighted by Gasteiger charge is -2.25. The summed E-state index contributed by atoms with van der Waals surface area (Å²) in [5, 5.41) is 0. The quantitative estimate of drug-likeness (QED) is 0.676. The summed E-state index contributed by atoms with van der Waals surface area (Å²) in [7, 11) is 5.04. The number of amides is 2. The highest BCUT2D eigenvalue weighted by Gasteiger charge is 2.18. The van der Waals surface area contributed by atoms with Crippen LogP contribution in [0.25, 0.3) is 0 Å². The van der Waals surface area contributed by atoms with E-state index in [1.165, 1.54) is 9.80 Å². The second-order valence-corrected chi connectivity index (χ2v) is 5.40. The highest BCUT2D eigenvalue weighted by Crippen LogP contribution is 1.97. The number of ketones is 1. The number of hydrogen-bond donors (Lipinski definition) is 0. The maximum absolute atomic E-state index is 11.9. The van der Waals surface area contributed by atoms with Gasteiger partial charge in [0.2, 0.25) is 11.8 Å². The number of carbonyl (C=O) groups excluding carboxylic acids is 3. The van der Waals surface area contributed by atoms with Crippen molar-refractivity contribution in [3.8, 4) is 0 Å². The van der Waals surface area contributed by atoms with E-state index in [1.807, 2.05) is 39.6 Å². The largest absolute Gasteiger partial charge is 0.337 e. The molecule has 0 N–H and O–H groups in total. The van der Waals surface area contributed by atoms with Crippen LogP contribution < -0.4 is 0 Å². The molecule has 0 aromatic carbocycles. The molecule has 130 valence electrons. The molecule has 0 spiro atoms.